The van der Waals surface area contributed by atoms with Gasteiger partial charge in [-0.25, -0.2) is 9.78 Å². The minimum absolute atomic E-state index is 0.181. The van der Waals surface area contributed by atoms with Crippen LogP contribution in [0.1, 0.15) is 10.4 Å². The molecule has 1 fully saturated rings. The predicted molar refractivity (Wildman–Crippen MR) is 61.0 cm³/mol. The van der Waals surface area contributed by atoms with Crippen molar-refractivity contribution < 1.29 is 14.7 Å². The fourth-order valence-electron chi connectivity index (χ4n) is 1.76. The highest BCUT2D eigenvalue weighted by atomic mass is 16.4. The van der Waals surface area contributed by atoms with Crippen LogP contribution in [0.2, 0.25) is 0 Å². The number of carboxylic acids is 1. The third-order valence-electron chi connectivity index (χ3n) is 2.78. The highest BCUT2D eigenvalue weighted by Gasteiger charge is 2.16. The Morgan fingerprint density at radius 1 is 1.29 bits per heavy atom. The summed E-state index contributed by atoms with van der Waals surface area (Å²) in [6.45, 7) is 2.79. The van der Waals surface area contributed by atoms with Crippen molar-refractivity contribution in [2.24, 2.45) is 0 Å². The van der Waals surface area contributed by atoms with Gasteiger partial charge in [-0.3, -0.25) is 4.79 Å². The van der Waals surface area contributed by atoms with E-state index in [1.165, 1.54) is 12.3 Å². The lowest BCUT2D eigenvalue weighted by Crippen LogP contribution is -2.46. The average Bonchev–Trinajstić information content (AvgIpc) is 2.39. The minimum atomic E-state index is -0.977. The molecule has 1 aromatic heterocycles. The Bertz CT molecular complexity index is 410. The van der Waals surface area contributed by atoms with Gasteiger partial charge in [-0.2, -0.15) is 0 Å². The van der Waals surface area contributed by atoms with E-state index in [0.717, 1.165) is 25.3 Å². The molecule has 90 valence electrons. The first-order valence-corrected chi connectivity index (χ1v) is 5.34. The SMILES string of the molecule is O=CN1CCN(c2ccc(C(=O)O)cn2)CC1. The van der Waals surface area contributed by atoms with Crippen molar-refractivity contribution in [2.45, 2.75) is 0 Å². The topological polar surface area (TPSA) is 73.7 Å². The van der Waals surface area contributed by atoms with Crippen LogP contribution in [-0.4, -0.2) is 53.5 Å². The number of carboxylic acid groups (broad SMARTS) is 1. The molecule has 1 aromatic rings. The Balaban J connectivity index is 2.03. The predicted octanol–water partition coefficient (Wildman–Crippen LogP) is 0.0582. The Kier molecular flexibility index (Phi) is 3.22. The lowest BCUT2D eigenvalue weighted by atomic mass is 10.2. The van der Waals surface area contributed by atoms with E-state index < -0.39 is 5.97 Å². The Morgan fingerprint density at radius 3 is 2.47 bits per heavy atom. The summed E-state index contributed by atoms with van der Waals surface area (Å²) in [7, 11) is 0. The minimum Gasteiger partial charge on any atom is -0.478 e. The summed E-state index contributed by atoms with van der Waals surface area (Å²) in [5.41, 5.74) is 0.181. The van der Waals surface area contributed by atoms with Gasteiger partial charge in [0.2, 0.25) is 6.41 Å². The zero-order valence-electron chi connectivity index (χ0n) is 9.24. The quantitative estimate of drug-likeness (QED) is 0.750. The van der Waals surface area contributed by atoms with E-state index >= 15 is 0 Å². The number of nitrogens with zero attached hydrogens (tertiary/aromatic N) is 3. The van der Waals surface area contributed by atoms with Crippen LogP contribution in [0.25, 0.3) is 0 Å². The Labute approximate surface area is 98.5 Å². The molecule has 6 heteroatoms. The molecule has 6 nitrogen and oxygen atoms in total. The van der Waals surface area contributed by atoms with Gasteiger partial charge in [0.1, 0.15) is 5.82 Å². The number of pyridine rings is 1. The number of hydrogen-bond donors (Lipinski definition) is 1. The van der Waals surface area contributed by atoms with Gasteiger partial charge in [0, 0.05) is 32.4 Å². The first-order chi connectivity index (χ1) is 8.20. The van der Waals surface area contributed by atoms with Crippen molar-refractivity contribution >= 4 is 18.2 Å². The van der Waals surface area contributed by atoms with Crippen molar-refractivity contribution in [3.8, 4) is 0 Å². The summed E-state index contributed by atoms with van der Waals surface area (Å²) in [4.78, 5) is 29.1. The van der Waals surface area contributed by atoms with E-state index in [2.05, 4.69) is 4.98 Å². The maximum atomic E-state index is 10.7. The Morgan fingerprint density at radius 2 is 2.00 bits per heavy atom. The van der Waals surface area contributed by atoms with Gasteiger partial charge in [0.15, 0.2) is 0 Å². The zero-order valence-corrected chi connectivity index (χ0v) is 9.24. The molecule has 0 aliphatic carbocycles. The summed E-state index contributed by atoms with van der Waals surface area (Å²) < 4.78 is 0. The van der Waals surface area contributed by atoms with Crippen LogP contribution in [0.4, 0.5) is 5.82 Å². The number of aromatic nitrogens is 1. The normalized spacial score (nSPS) is 15.8. The number of carbonyl (C=O) groups excluding carboxylic acids is 1. The molecule has 0 spiro atoms. The van der Waals surface area contributed by atoms with Crippen molar-refractivity contribution in [2.75, 3.05) is 31.1 Å². The molecule has 0 atom stereocenters. The molecule has 2 heterocycles. The number of anilines is 1. The van der Waals surface area contributed by atoms with Crippen molar-refractivity contribution in [1.29, 1.82) is 0 Å². The highest BCUT2D eigenvalue weighted by Crippen LogP contribution is 2.13. The molecule has 0 saturated carbocycles. The van der Waals surface area contributed by atoms with E-state index in [1.54, 1.807) is 11.0 Å². The molecule has 1 amide bonds. The molecular formula is C11H13N3O3. The van der Waals surface area contributed by atoms with Gasteiger partial charge in [-0.1, -0.05) is 0 Å². The molecule has 2 rings (SSSR count). The van der Waals surface area contributed by atoms with E-state index in [0.29, 0.717) is 13.1 Å². The second-order valence-electron chi connectivity index (χ2n) is 3.84. The van der Waals surface area contributed by atoms with Gasteiger partial charge in [-0.05, 0) is 12.1 Å². The summed E-state index contributed by atoms with van der Waals surface area (Å²) in [6.07, 6.45) is 2.20. The monoisotopic (exact) mass is 235 g/mol. The summed E-state index contributed by atoms with van der Waals surface area (Å²) >= 11 is 0. The number of piperazine rings is 1. The average molecular weight is 235 g/mol. The summed E-state index contributed by atoms with van der Waals surface area (Å²) in [6, 6.07) is 3.23. The van der Waals surface area contributed by atoms with Crippen molar-refractivity contribution in [3.63, 3.8) is 0 Å². The fourth-order valence-corrected chi connectivity index (χ4v) is 1.76. The molecule has 0 radical (unpaired) electrons. The van der Waals surface area contributed by atoms with Crippen LogP contribution in [0, 0.1) is 0 Å². The van der Waals surface area contributed by atoms with Crippen LogP contribution >= 0.6 is 0 Å². The van der Waals surface area contributed by atoms with Crippen LogP contribution in [0.3, 0.4) is 0 Å². The van der Waals surface area contributed by atoms with Gasteiger partial charge >= 0.3 is 5.97 Å². The number of carbonyl (C=O) groups is 2. The number of amides is 1. The fraction of sp³-hybridized carbons (Fsp3) is 0.364. The van der Waals surface area contributed by atoms with E-state index in [9.17, 15) is 9.59 Å². The molecular weight excluding hydrogens is 222 g/mol. The lowest BCUT2D eigenvalue weighted by molar-refractivity contribution is -0.118. The maximum absolute atomic E-state index is 10.7. The molecule has 0 aromatic carbocycles. The maximum Gasteiger partial charge on any atom is 0.337 e. The summed E-state index contributed by atoms with van der Waals surface area (Å²) in [5.74, 6) is -0.227. The standard InChI is InChI=1S/C11H13N3O3/c15-8-13-3-5-14(6-4-13)10-2-1-9(7-12-10)11(16)17/h1-2,7-8H,3-6H2,(H,16,17). The van der Waals surface area contributed by atoms with E-state index in [-0.39, 0.29) is 5.56 Å². The van der Waals surface area contributed by atoms with Gasteiger partial charge < -0.3 is 14.9 Å². The first-order valence-electron chi connectivity index (χ1n) is 5.34. The van der Waals surface area contributed by atoms with Gasteiger partial charge in [0.25, 0.3) is 0 Å². The molecule has 17 heavy (non-hydrogen) atoms. The molecule has 1 aliphatic heterocycles. The third kappa shape index (κ3) is 2.52. The highest BCUT2D eigenvalue weighted by molar-refractivity contribution is 5.87. The van der Waals surface area contributed by atoms with Crippen LogP contribution in [0.15, 0.2) is 18.3 Å². The zero-order chi connectivity index (χ0) is 12.3. The van der Waals surface area contributed by atoms with E-state index in [4.69, 9.17) is 5.11 Å². The van der Waals surface area contributed by atoms with Gasteiger partial charge in [-0.15, -0.1) is 0 Å². The number of rotatable bonds is 3. The molecule has 0 unspecified atom stereocenters. The lowest BCUT2D eigenvalue weighted by Gasteiger charge is -2.33. The van der Waals surface area contributed by atoms with Crippen LogP contribution in [0.5, 0.6) is 0 Å². The number of aromatic carboxylic acids is 1. The largest absolute Gasteiger partial charge is 0.478 e. The summed E-state index contributed by atoms with van der Waals surface area (Å²) in [5, 5.41) is 8.75. The van der Waals surface area contributed by atoms with Crippen LogP contribution < -0.4 is 4.90 Å². The van der Waals surface area contributed by atoms with E-state index in [1.807, 2.05) is 4.90 Å². The smallest absolute Gasteiger partial charge is 0.337 e. The van der Waals surface area contributed by atoms with Crippen molar-refractivity contribution in [1.82, 2.24) is 9.88 Å². The first kappa shape index (κ1) is 11.4. The third-order valence-corrected chi connectivity index (χ3v) is 2.78. The second kappa shape index (κ2) is 4.82. The molecule has 1 N–H and O–H groups in total. The Hall–Kier alpha value is -2.11. The molecule has 0 bridgehead atoms. The molecule has 1 aliphatic rings. The second-order valence-corrected chi connectivity index (χ2v) is 3.84. The van der Waals surface area contributed by atoms with Crippen molar-refractivity contribution in [3.05, 3.63) is 23.9 Å². The van der Waals surface area contributed by atoms with Crippen LogP contribution in [-0.2, 0) is 4.79 Å². The van der Waals surface area contributed by atoms with Gasteiger partial charge in [0.05, 0.1) is 5.56 Å². The molecule has 1 saturated heterocycles. The number of hydrogen-bond acceptors (Lipinski definition) is 4.